The van der Waals surface area contributed by atoms with E-state index in [2.05, 4.69) is 20.7 Å². The number of phenols is 1. The number of rotatable bonds is 1. The molecule has 0 unspecified atom stereocenters. The molecular weight excluding hydrogens is 250 g/mol. The summed E-state index contributed by atoms with van der Waals surface area (Å²) >= 11 is 3.08. The number of nitriles is 1. The molecule has 1 rings (SSSR count). The van der Waals surface area contributed by atoms with Crippen molar-refractivity contribution in [1.29, 1.82) is 5.26 Å². The van der Waals surface area contributed by atoms with Crippen LogP contribution in [0.15, 0.2) is 16.6 Å². The minimum atomic E-state index is -0.675. The summed E-state index contributed by atoms with van der Waals surface area (Å²) in [6.07, 6.45) is 0. The van der Waals surface area contributed by atoms with Gasteiger partial charge in [0.25, 0.3) is 0 Å². The van der Waals surface area contributed by atoms with Crippen LogP contribution in [0.1, 0.15) is 15.9 Å². The number of carbonyl (C=O) groups excluding carboxylic acids is 1. The van der Waals surface area contributed by atoms with Gasteiger partial charge in [-0.15, -0.1) is 0 Å². The molecule has 14 heavy (non-hydrogen) atoms. The van der Waals surface area contributed by atoms with Gasteiger partial charge in [-0.05, 0) is 28.1 Å². The van der Waals surface area contributed by atoms with Gasteiger partial charge in [-0.3, -0.25) is 0 Å². The molecule has 4 nitrogen and oxygen atoms in total. The number of phenolic OH excluding ortho intramolecular Hbond substituents is 1. The zero-order valence-corrected chi connectivity index (χ0v) is 8.83. The fraction of sp³-hybridized carbons (Fsp3) is 0.111. The second-order valence-corrected chi connectivity index (χ2v) is 3.31. The van der Waals surface area contributed by atoms with Crippen molar-refractivity contribution in [1.82, 2.24) is 0 Å². The zero-order chi connectivity index (χ0) is 10.7. The van der Waals surface area contributed by atoms with Gasteiger partial charge >= 0.3 is 5.97 Å². The summed E-state index contributed by atoms with van der Waals surface area (Å²) in [6, 6.07) is 4.43. The third kappa shape index (κ3) is 1.86. The highest BCUT2D eigenvalue weighted by Gasteiger charge is 2.14. The summed E-state index contributed by atoms with van der Waals surface area (Å²) < 4.78 is 4.87. The van der Waals surface area contributed by atoms with Gasteiger partial charge in [0.1, 0.15) is 17.4 Å². The average molecular weight is 256 g/mol. The lowest BCUT2D eigenvalue weighted by molar-refractivity contribution is 0.0597. The van der Waals surface area contributed by atoms with Crippen molar-refractivity contribution in [3.8, 4) is 11.8 Å². The van der Waals surface area contributed by atoms with E-state index < -0.39 is 5.97 Å². The highest BCUT2D eigenvalue weighted by Crippen LogP contribution is 2.26. The molecule has 0 radical (unpaired) electrons. The molecule has 0 aliphatic rings. The molecule has 0 fully saturated rings. The topological polar surface area (TPSA) is 70.3 Å². The highest BCUT2D eigenvalue weighted by atomic mass is 79.9. The first-order chi connectivity index (χ1) is 6.60. The quantitative estimate of drug-likeness (QED) is 0.778. The maximum atomic E-state index is 11.1. The molecule has 0 heterocycles. The van der Waals surface area contributed by atoms with Crippen LogP contribution in [0, 0.1) is 11.3 Å². The second kappa shape index (κ2) is 4.11. The van der Waals surface area contributed by atoms with E-state index in [4.69, 9.17) is 5.26 Å². The van der Waals surface area contributed by atoms with Crippen molar-refractivity contribution in [2.75, 3.05) is 7.11 Å². The number of esters is 1. The number of halogens is 1. The van der Waals surface area contributed by atoms with Crippen LogP contribution in [0.5, 0.6) is 5.75 Å². The van der Waals surface area contributed by atoms with Gasteiger partial charge in [0, 0.05) is 4.47 Å². The smallest absolute Gasteiger partial charge is 0.341 e. The fourth-order valence-corrected chi connectivity index (χ4v) is 1.34. The van der Waals surface area contributed by atoms with Gasteiger partial charge in [0.15, 0.2) is 0 Å². The summed E-state index contributed by atoms with van der Waals surface area (Å²) in [4.78, 5) is 11.1. The van der Waals surface area contributed by atoms with E-state index in [1.54, 1.807) is 0 Å². The van der Waals surface area contributed by atoms with E-state index in [1.807, 2.05) is 6.07 Å². The van der Waals surface area contributed by atoms with Crippen LogP contribution in [-0.2, 0) is 4.74 Å². The Morgan fingerprint density at radius 1 is 1.64 bits per heavy atom. The number of hydrogen-bond donors (Lipinski definition) is 1. The lowest BCUT2D eigenvalue weighted by atomic mass is 10.1. The molecule has 0 saturated heterocycles. The Balaban J connectivity index is 3.33. The van der Waals surface area contributed by atoms with Gasteiger partial charge in [0.2, 0.25) is 0 Å². The Bertz CT molecular complexity index is 423. The van der Waals surface area contributed by atoms with Crippen molar-refractivity contribution < 1.29 is 14.6 Å². The first kappa shape index (κ1) is 10.5. The lowest BCUT2D eigenvalue weighted by Crippen LogP contribution is -2.02. The monoisotopic (exact) mass is 255 g/mol. The van der Waals surface area contributed by atoms with Crippen LogP contribution in [0.2, 0.25) is 0 Å². The van der Waals surface area contributed by atoms with Gasteiger partial charge in [-0.1, -0.05) is 0 Å². The molecule has 0 atom stereocenters. The molecule has 0 spiro atoms. The van der Waals surface area contributed by atoms with Crippen LogP contribution in [-0.4, -0.2) is 18.2 Å². The molecule has 72 valence electrons. The lowest BCUT2D eigenvalue weighted by Gasteiger charge is -2.03. The first-order valence-corrected chi connectivity index (χ1v) is 4.40. The molecule has 1 aromatic rings. The van der Waals surface area contributed by atoms with Crippen molar-refractivity contribution in [2.45, 2.75) is 0 Å². The van der Waals surface area contributed by atoms with Gasteiger partial charge in [0.05, 0.1) is 12.7 Å². The third-order valence-electron chi connectivity index (χ3n) is 1.61. The second-order valence-electron chi connectivity index (χ2n) is 2.45. The summed E-state index contributed by atoms with van der Waals surface area (Å²) in [7, 11) is 1.20. The Kier molecular flexibility index (Phi) is 3.10. The summed E-state index contributed by atoms with van der Waals surface area (Å²) in [6.45, 7) is 0. The van der Waals surface area contributed by atoms with Crippen LogP contribution in [0.25, 0.3) is 0 Å². The standard InChI is InChI=1S/C9H6BrNO3/c1-14-9(13)6-2-5(4-11)7(10)3-8(6)12/h2-3,12H,1H3. The number of carbonyl (C=O) groups is 1. The van der Waals surface area contributed by atoms with Crippen LogP contribution in [0.4, 0.5) is 0 Å². The molecule has 1 N–H and O–H groups in total. The van der Waals surface area contributed by atoms with E-state index in [-0.39, 0.29) is 16.9 Å². The largest absolute Gasteiger partial charge is 0.507 e. The molecule has 0 amide bonds. The van der Waals surface area contributed by atoms with E-state index in [0.29, 0.717) is 4.47 Å². The third-order valence-corrected chi connectivity index (χ3v) is 2.27. The first-order valence-electron chi connectivity index (χ1n) is 3.61. The predicted octanol–water partition coefficient (Wildman–Crippen LogP) is 1.81. The molecule has 0 aliphatic carbocycles. The number of aromatic hydroxyl groups is 1. The Hall–Kier alpha value is -1.54. The Labute approximate surface area is 88.9 Å². The molecule has 0 aromatic heterocycles. The predicted molar refractivity (Wildman–Crippen MR) is 51.9 cm³/mol. The molecular formula is C9H6BrNO3. The number of methoxy groups -OCH3 is 1. The minimum absolute atomic E-state index is 0.0211. The number of hydrogen-bond acceptors (Lipinski definition) is 4. The SMILES string of the molecule is COC(=O)c1cc(C#N)c(Br)cc1O. The minimum Gasteiger partial charge on any atom is -0.507 e. The Morgan fingerprint density at radius 2 is 2.29 bits per heavy atom. The van der Waals surface area contributed by atoms with E-state index in [0.717, 1.165) is 0 Å². The van der Waals surface area contributed by atoms with E-state index in [9.17, 15) is 9.90 Å². The van der Waals surface area contributed by atoms with Crippen LogP contribution < -0.4 is 0 Å². The van der Waals surface area contributed by atoms with E-state index in [1.165, 1.54) is 19.2 Å². The fourth-order valence-electron chi connectivity index (χ4n) is 0.922. The molecule has 5 heteroatoms. The molecule has 0 bridgehead atoms. The summed E-state index contributed by atoms with van der Waals surface area (Å²) in [5, 5.41) is 18.0. The number of ether oxygens (including phenoxy) is 1. The van der Waals surface area contributed by atoms with Crippen LogP contribution in [0.3, 0.4) is 0 Å². The molecule has 1 aromatic carbocycles. The summed E-state index contributed by atoms with van der Waals surface area (Å²) in [5.74, 6) is -0.894. The van der Waals surface area contributed by atoms with Crippen molar-refractivity contribution in [2.24, 2.45) is 0 Å². The van der Waals surface area contributed by atoms with Gasteiger partial charge in [-0.2, -0.15) is 5.26 Å². The normalized spacial score (nSPS) is 9.21. The highest BCUT2D eigenvalue weighted by molar-refractivity contribution is 9.10. The van der Waals surface area contributed by atoms with Gasteiger partial charge in [-0.25, -0.2) is 4.79 Å². The van der Waals surface area contributed by atoms with Crippen molar-refractivity contribution in [3.05, 3.63) is 27.7 Å². The summed E-state index contributed by atoms with van der Waals surface area (Å²) in [5.41, 5.74) is 0.246. The molecule has 0 aliphatic heterocycles. The maximum Gasteiger partial charge on any atom is 0.341 e. The zero-order valence-electron chi connectivity index (χ0n) is 7.24. The van der Waals surface area contributed by atoms with E-state index >= 15 is 0 Å². The van der Waals surface area contributed by atoms with Gasteiger partial charge < -0.3 is 9.84 Å². The van der Waals surface area contributed by atoms with Crippen molar-refractivity contribution in [3.63, 3.8) is 0 Å². The number of nitrogens with zero attached hydrogens (tertiary/aromatic N) is 1. The molecule has 0 saturated carbocycles. The van der Waals surface area contributed by atoms with Crippen molar-refractivity contribution >= 4 is 21.9 Å². The van der Waals surface area contributed by atoms with Crippen LogP contribution >= 0.6 is 15.9 Å². The number of benzene rings is 1. The maximum absolute atomic E-state index is 11.1. The Morgan fingerprint density at radius 3 is 2.79 bits per heavy atom. The average Bonchev–Trinajstić information content (AvgIpc) is 2.17.